The van der Waals surface area contributed by atoms with Gasteiger partial charge in [0.2, 0.25) is 17.7 Å². The second-order valence-corrected chi connectivity index (χ2v) is 10.0. The highest BCUT2D eigenvalue weighted by atomic mass is 16.4. The fraction of sp³-hybridized carbons (Fsp3) is 0.556. The SMILES string of the molecule is CCC(C)C(NC(=O)C(CCCN=C(N)N)NC(=O)C(CCCN=C(N)N)NC(=O)C(N)Cc1ccccc1)C(=O)O. The Bertz CT molecular complexity index is 1070. The van der Waals surface area contributed by atoms with Gasteiger partial charge in [0.15, 0.2) is 11.9 Å². The summed E-state index contributed by atoms with van der Waals surface area (Å²) in [7, 11) is 0. The Morgan fingerprint density at radius 3 is 1.74 bits per heavy atom. The van der Waals surface area contributed by atoms with Gasteiger partial charge in [-0.05, 0) is 43.6 Å². The Labute approximate surface area is 246 Å². The molecule has 0 fully saturated rings. The van der Waals surface area contributed by atoms with Crippen molar-refractivity contribution in [1.29, 1.82) is 0 Å². The molecule has 0 aliphatic rings. The maximum Gasteiger partial charge on any atom is 0.326 e. The summed E-state index contributed by atoms with van der Waals surface area (Å²) < 4.78 is 0. The average Bonchev–Trinajstić information content (AvgIpc) is 2.94. The average molecular weight is 591 g/mol. The molecule has 1 rings (SSSR count). The molecule has 42 heavy (non-hydrogen) atoms. The Hall–Kier alpha value is -4.40. The third-order valence-corrected chi connectivity index (χ3v) is 6.57. The largest absolute Gasteiger partial charge is 0.480 e. The van der Waals surface area contributed by atoms with Crippen molar-refractivity contribution in [3.8, 4) is 0 Å². The van der Waals surface area contributed by atoms with Gasteiger partial charge in [-0.1, -0.05) is 50.6 Å². The van der Waals surface area contributed by atoms with Crippen molar-refractivity contribution in [2.24, 2.45) is 44.6 Å². The summed E-state index contributed by atoms with van der Waals surface area (Å²) in [6.07, 6.45) is 1.63. The number of rotatable bonds is 19. The van der Waals surface area contributed by atoms with Crippen molar-refractivity contribution in [1.82, 2.24) is 16.0 Å². The second-order valence-electron chi connectivity index (χ2n) is 10.0. The van der Waals surface area contributed by atoms with Crippen LogP contribution in [0.1, 0.15) is 51.5 Å². The molecule has 1 aromatic rings. The van der Waals surface area contributed by atoms with E-state index in [-0.39, 0.29) is 50.2 Å². The van der Waals surface area contributed by atoms with Crippen LogP contribution >= 0.6 is 0 Å². The number of hydrogen-bond donors (Lipinski definition) is 9. The van der Waals surface area contributed by atoms with E-state index in [0.717, 1.165) is 5.56 Å². The van der Waals surface area contributed by atoms with E-state index < -0.39 is 47.9 Å². The van der Waals surface area contributed by atoms with Crippen molar-refractivity contribution < 1.29 is 24.3 Å². The molecule has 15 heteroatoms. The molecule has 0 aliphatic heterocycles. The number of carbonyl (C=O) groups is 4. The number of amides is 3. The lowest BCUT2D eigenvalue weighted by molar-refractivity contribution is -0.144. The highest BCUT2D eigenvalue weighted by Gasteiger charge is 2.31. The predicted molar refractivity (Wildman–Crippen MR) is 161 cm³/mol. The van der Waals surface area contributed by atoms with E-state index in [9.17, 15) is 24.3 Å². The molecule has 0 spiro atoms. The first-order chi connectivity index (χ1) is 19.8. The number of hydrogen-bond acceptors (Lipinski definition) is 7. The minimum Gasteiger partial charge on any atom is -0.480 e. The van der Waals surface area contributed by atoms with Crippen molar-refractivity contribution in [3.63, 3.8) is 0 Å². The van der Waals surface area contributed by atoms with Crippen LogP contribution in [0.4, 0.5) is 0 Å². The lowest BCUT2D eigenvalue weighted by Crippen LogP contribution is -2.57. The van der Waals surface area contributed by atoms with E-state index in [1.54, 1.807) is 13.8 Å². The van der Waals surface area contributed by atoms with Gasteiger partial charge >= 0.3 is 5.97 Å². The van der Waals surface area contributed by atoms with Crippen LogP contribution in [0.5, 0.6) is 0 Å². The molecule has 0 saturated carbocycles. The number of aliphatic carboxylic acids is 1. The number of guanidine groups is 2. The summed E-state index contributed by atoms with van der Waals surface area (Å²) in [5, 5.41) is 17.5. The van der Waals surface area contributed by atoms with Crippen molar-refractivity contribution in [3.05, 3.63) is 35.9 Å². The number of nitrogens with zero attached hydrogens (tertiary/aromatic N) is 2. The molecule has 0 aromatic heterocycles. The fourth-order valence-corrected chi connectivity index (χ4v) is 3.99. The van der Waals surface area contributed by atoms with Crippen LogP contribution in [0.3, 0.4) is 0 Å². The number of aliphatic imine (C=N–C) groups is 2. The molecular weight excluding hydrogens is 544 g/mol. The Morgan fingerprint density at radius 1 is 0.810 bits per heavy atom. The minimum absolute atomic E-state index is 0.101. The van der Waals surface area contributed by atoms with E-state index in [2.05, 4.69) is 25.9 Å². The maximum atomic E-state index is 13.4. The highest BCUT2D eigenvalue weighted by Crippen LogP contribution is 2.10. The number of carbonyl (C=O) groups excluding carboxylic acids is 3. The lowest BCUT2D eigenvalue weighted by Gasteiger charge is -2.26. The molecule has 1 aromatic carbocycles. The van der Waals surface area contributed by atoms with Crippen LogP contribution in [-0.4, -0.2) is 78.0 Å². The Morgan fingerprint density at radius 2 is 1.29 bits per heavy atom. The number of benzene rings is 1. The van der Waals surface area contributed by atoms with Crippen LogP contribution in [-0.2, 0) is 25.6 Å². The molecule has 3 amide bonds. The van der Waals surface area contributed by atoms with Gasteiger partial charge in [0, 0.05) is 13.1 Å². The van der Waals surface area contributed by atoms with E-state index in [1.165, 1.54) is 0 Å². The predicted octanol–water partition coefficient (Wildman–Crippen LogP) is -1.75. The molecule has 0 aliphatic carbocycles. The maximum absolute atomic E-state index is 13.4. The lowest BCUT2D eigenvalue weighted by atomic mass is 9.98. The van der Waals surface area contributed by atoms with Crippen LogP contribution < -0.4 is 44.6 Å². The van der Waals surface area contributed by atoms with Gasteiger partial charge in [0.1, 0.15) is 18.1 Å². The molecule has 234 valence electrons. The summed E-state index contributed by atoms with van der Waals surface area (Å²) in [5.74, 6) is -3.70. The number of nitrogens with one attached hydrogen (secondary N) is 3. The van der Waals surface area contributed by atoms with E-state index in [1.807, 2.05) is 30.3 Å². The zero-order valence-electron chi connectivity index (χ0n) is 24.3. The van der Waals surface area contributed by atoms with Crippen LogP contribution in [0.2, 0.25) is 0 Å². The monoisotopic (exact) mass is 590 g/mol. The van der Waals surface area contributed by atoms with Gasteiger partial charge in [0.25, 0.3) is 0 Å². The second kappa shape index (κ2) is 18.9. The zero-order valence-corrected chi connectivity index (χ0v) is 24.3. The first-order valence-corrected chi connectivity index (χ1v) is 13.9. The molecular formula is C27H46N10O5. The van der Waals surface area contributed by atoms with Gasteiger partial charge in [-0.3, -0.25) is 24.4 Å². The van der Waals surface area contributed by atoms with Crippen LogP contribution in [0, 0.1) is 5.92 Å². The molecule has 0 heterocycles. The van der Waals surface area contributed by atoms with E-state index >= 15 is 0 Å². The van der Waals surface area contributed by atoms with E-state index in [4.69, 9.17) is 28.7 Å². The van der Waals surface area contributed by atoms with Gasteiger partial charge in [0.05, 0.1) is 6.04 Å². The summed E-state index contributed by atoms with van der Waals surface area (Å²) in [6.45, 7) is 3.89. The van der Waals surface area contributed by atoms with Crippen LogP contribution in [0.25, 0.3) is 0 Å². The summed E-state index contributed by atoms with van der Waals surface area (Å²) >= 11 is 0. The first kappa shape index (κ1) is 35.6. The van der Waals surface area contributed by atoms with Gasteiger partial charge in [-0.25, -0.2) is 4.79 Å². The van der Waals surface area contributed by atoms with Crippen molar-refractivity contribution in [2.75, 3.05) is 13.1 Å². The quantitative estimate of drug-likeness (QED) is 0.0497. The molecule has 0 saturated heterocycles. The molecule has 5 atom stereocenters. The van der Waals surface area contributed by atoms with Crippen molar-refractivity contribution >= 4 is 35.6 Å². The summed E-state index contributed by atoms with van der Waals surface area (Å²) in [4.78, 5) is 59.2. The molecule has 14 N–H and O–H groups in total. The Balaban J connectivity index is 3.11. The zero-order chi connectivity index (χ0) is 31.7. The van der Waals surface area contributed by atoms with Gasteiger partial charge in [-0.15, -0.1) is 0 Å². The minimum atomic E-state index is -1.19. The van der Waals surface area contributed by atoms with E-state index in [0.29, 0.717) is 19.3 Å². The molecule has 0 radical (unpaired) electrons. The molecule has 5 unspecified atom stereocenters. The normalized spacial score (nSPS) is 14.3. The first-order valence-electron chi connectivity index (χ1n) is 13.9. The van der Waals surface area contributed by atoms with Crippen molar-refractivity contribution in [2.45, 2.75) is 76.5 Å². The standard InChI is InChI=1S/C27H46N10O5/c1-3-16(2)21(25(41)42)37-24(40)20(12-8-14-34-27(31)32)36-23(39)19(11-7-13-33-26(29)30)35-22(38)18(28)15-17-9-5-4-6-10-17/h4-6,9-10,16,18-21H,3,7-8,11-15,28H2,1-2H3,(H,35,38)(H,36,39)(H,37,40)(H,41,42)(H4,29,30,33)(H4,31,32,34). The smallest absolute Gasteiger partial charge is 0.326 e. The number of nitrogens with two attached hydrogens (primary N) is 5. The molecule has 0 bridgehead atoms. The van der Waals surface area contributed by atoms with Gasteiger partial charge in [-0.2, -0.15) is 0 Å². The third kappa shape index (κ3) is 13.8. The Kier molecular flexibility index (Phi) is 16.0. The number of carboxylic acids is 1. The third-order valence-electron chi connectivity index (χ3n) is 6.57. The fourth-order valence-electron chi connectivity index (χ4n) is 3.99. The topological polar surface area (TPSA) is 279 Å². The summed E-state index contributed by atoms with van der Waals surface area (Å²) in [5.41, 5.74) is 28.5. The van der Waals surface area contributed by atoms with Crippen LogP contribution in [0.15, 0.2) is 40.3 Å². The molecule has 15 nitrogen and oxygen atoms in total. The summed E-state index contributed by atoms with van der Waals surface area (Å²) in [6, 6.07) is 4.86. The highest BCUT2D eigenvalue weighted by molar-refractivity contribution is 5.94. The van der Waals surface area contributed by atoms with Gasteiger partial charge < -0.3 is 49.7 Å². The number of carboxylic acid groups (broad SMARTS) is 1.